The third-order valence-electron chi connectivity index (χ3n) is 3.17. The molecular weight excluding hydrogens is 258 g/mol. The second kappa shape index (κ2) is 6.06. The fraction of sp³-hybridized carbons (Fsp3) is 0.357. The normalized spacial score (nSPS) is 10.5. The van der Waals surface area contributed by atoms with Gasteiger partial charge < -0.3 is 15.3 Å². The Morgan fingerprint density at radius 2 is 2.10 bits per heavy atom. The number of hydrogen-bond donors (Lipinski definition) is 2. The molecule has 20 heavy (non-hydrogen) atoms. The fourth-order valence-electron chi connectivity index (χ4n) is 1.44. The molecule has 0 bridgehead atoms. The topological polar surface area (TPSA) is 93.4 Å². The summed E-state index contributed by atoms with van der Waals surface area (Å²) in [6, 6.07) is 8.38. The summed E-state index contributed by atoms with van der Waals surface area (Å²) in [5, 5.41) is 20.5. The van der Waals surface area contributed by atoms with Crippen LogP contribution in [0.2, 0.25) is 0 Å². The van der Waals surface area contributed by atoms with Crippen molar-refractivity contribution in [3.05, 3.63) is 35.4 Å². The van der Waals surface area contributed by atoms with Gasteiger partial charge in [0.05, 0.1) is 11.6 Å². The van der Waals surface area contributed by atoms with Gasteiger partial charge in [0.1, 0.15) is 5.54 Å². The summed E-state index contributed by atoms with van der Waals surface area (Å²) in [6.45, 7) is 3.13. The Hall–Kier alpha value is -2.55. The summed E-state index contributed by atoms with van der Waals surface area (Å²) in [7, 11) is 1.43. The van der Waals surface area contributed by atoms with Crippen LogP contribution in [0.3, 0.4) is 0 Å². The van der Waals surface area contributed by atoms with Gasteiger partial charge in [-0.15, -0.1) is 0 Å². The predicted octanol–water partition coefficient (Wildman–Crippen LogP) is 1.56. The van der Waals surface area contributed by atoms with E-state index in [1.54, 1.807) is 24.3 Å². The highest BCUT2D eigenvalue weighted by molar-refractivity contribution is 5.85. The van der Waals surface area contributed by atoms with E-state index in [1.165, 1.54) is 20.9 Å². The highest BCUT2D eigenvalue weighted by Gasteiger charge is 2.35. The fourth-order valence-corrected chi connectivity index (χ4v) is 1.44. The SMILES string of the molecule is CN(C(=O)NCc1cccc(C#N)c1)C(C)(C)C(=O)O. The van der Waals surface area contributed by atoms with Crippen LogP contribution in [0.15, 0.2) is 24.3 Å². The Bertz CT molecular complexity index is 561. The van der Waals surface area contributed by atoms with Crippen molar-refractivity contribution in [2.45, 2.75) is 25.9 Å². The van der Waals surface area contributed by atoms with E-state index in [1.807, 2.05) is 6.07 Å². The molecule has 0 heterocycles. The van der Waals surface area contributed by atoms with Gasteiger partial charge in [-0.1, -0.05) is 12.1 Å². The lowest BCUT2D eigenvalue weighted by molar-refractivity contribution is -0.146. The molecule has 106 valence electrons. The number of benzene rings is 1. The minimum atomic E-state index is -1.29. The van der Waals surface area contributed by atoms with Crippen molar-refractivity contribution in [3.8, 4) is 6.07 Å². The van der Waals surface area contributed by atoms with Crippen molar-refractivity contribution in [1.29, 1.82) is 5.26 Å². The third kappa shape index (κ3) is 3.48. The van der Waals surface area contributed by atoms with Crippen molar-refractivity contribution in [2.75, 3.05) is 7.05 Å². The maximum absolute atomic E-state index is 11.9. The molecule has 1 rings (SSSR count). The molecule has 0 radical (unpaired) electrons. The highest BCUT2D eigenvalue weighted by atomic mass is 16.4. The maximum atomic E-state index is 11.9. The number of rotatable bonds is 4. The van der Waals surface area contributed by atoms with Crippen LogP contribution in [0.1, 0.15) is 25.0 Å². The number of amides is 2. The van der Waals surface area contributed by atoms with E-state index < -0.39 is 17.5 Å². The lowest BCUT2D eigenvalue weighted by Gasteiger charge is -2.31. The maximum Gasteiger partial charge on any atom is 0.329 e. The molecule has 0 aromatic heterocycles. The van der Waals surface area contributed by atoms with Crippen LogP contribution in [0, 0.1) is 11.3 Å². The molecule has 6 nitrogen and oxygen atoms in total. The third-order valence-corrected chi connectivity index (χ3v) is 3.17. The number of likely N-dealkylation sites (N-methyl/N-ethyl adjacent to an activating group) is 1. The number of urea groups is 1. The van der Waals surface area contributed by atoms with Crippen LogP contribution in [0.5, 0.6) is 0 Å². The average Bonchev–Trinajstić information content (AvgIpc) is 2.43. The van der Waals surface area contributed by atoms with Crippen LogP contribution in [-0.2, 0) is 11.3 Å². The molecule has 1 aromatic rings. The number of hydrogen-bond acceptors (Lipinski definition) is 3. The van der Waals surface area contributed by atoms with Gasteiger partial charge >= 0.3 is 12.0 Å². The Kier molecular flexibility index (Phi) is 4.70. The van der Waals surface area contributed by atoms with Crippen molar-refractivity contribution < 1.29 is 14.7 Å². The zero-order chi connectivity index (χ0) is 15.3. The number of carbonyl (C=O) groups is 2. The Morgan fingerprint density at radius 1 is 1.45 bits per heavy atom. The minimum absolute atomic E-state index is 0.231. The molecule has 0 unspecified atom stereocenters. The van der Waals surface area contributed by atoms with Gasteiger partial charge in [-0.3, -0.25) is 0 Å². The number of nitrogens with zero attached hydrogens (tertiary/aromatic N) is 2. The Labute approximate surface area is 117 Å². The molecule has 6 heteroatoms. The molecule has 0 atom stereocenters. The Balaban J connectivity index is 2.68. The van der Waals surface area contributed by atoms with Gasteiger partial charge in [-0.05, 0) is 31.5 Å². The van der Waals surface area contributed by atoms with Crippen LogP contribution in [0.25, 0.3) is 0 Å². The second-order valence-corrected chi connectivity index (χ2v) is 4.89. The standard InChI is InChI=1S/C14H17N3O3/c1-14(2,12(18)19)17(3)13(20)16-9-11-6-4-5-10(7-11)8-15/h4-7H,9H2,1-3H3,(H,16,20)(H,18,19). The van der Waals surface area contributed by atoms with E-state index in [-0.39, 0.29) is 6.54 Å². The second-order valence-electron chi connectivity index (χ2n) is 4.89. The number of carboxylic acids is 1. The lowest BCUT2D eigenvalue weighted by atomic mass is 10.0. The predicted molar refractivity (Wildman–Crippen MR) is 72.9 cm³/mol. The van der Waals surface area contributed by atoms with E-state index in [2.05, 4.69) is 5.32 Å². The molecule has 1 aromatic carbocycles. The summed E-state index contributed by atoms with van der Waals surface area (Å²) >= 11 is 0. The Morgan fingerprint density at radius 3 is 2.65 bits per heavy atom. The van der Waals surface area contributed by atoms with Crippen LogP contribution in [0.4, 0.5) is 4.79 Å². The van der Waals surface area contributed by atoms with Crippen molar-refractivity contribution in [2.24, 2.45) is 0 Å². The van der Waals surface area contributed by atoms with Gasteiger partial charge in [0, 0.05) is 13.6 Å². The minimum Gasteiger partial charge on any atom is -0.480 e. The number of nitrogens with one attached hydrogen (secondary N) is 1. The molecule has 0 fully saturated rings. The van der Waals surface area contributed by atoms with Gasteiger partial charge in [0.25, 0.3) is 0 Å². The summed E-state index contributed by atoms with van der Waals surface area (Å²) < 4.78 is 0. The van der Waals surface area contributed by atoms with Crippen molar-refractivity contribution in [1.82, 2.24) is 10.2 Å². The molecule has 0 aliphatic heterocycles. The molecule has 0 spiro atoms. The van der Waals surface area contributed by atoms with Crippen LogP contribution < -0.4 is 5.32 Å². The first-order chi connectivity index (χ1) is 9.28. The molecule has 0 aliphatic carbocycles. The van der Waals surface area contributed by atoms with Crippen LogP contribution >= 0.6 is 0 Å². The first-order valence-corrected chi connectivity index (χ1v) is 6.03. The molecule has 0 saturated carbocycles. The molecular formula is C14H17N3O3. The first kappa shape index (κ1) is 15.5. The smallest absolute Gasteiger partial charge is 0.329 e. The summed E-state index contributed by atoms with van der Waals surface area (Å²) in [4.78, 5) is 24.1. The zero-order valence-corrected chi connectivity index (χ0v) is 11.7. The van der Waals surface area contributed by atoms with E-state index in [9.17, 15) is 9.59 Å². The van der Waals surface area contributed by atoms with E-state index in [0.29, 0.717) is 5.56 Å². The monoisotopic (exact) mass is 275 g/mol. The molecule has 2 amide bonds. The number of nitriles is 1. The average molecular weight is 275 g/mol. The van der Waals surface area contributed by atoms with Crippen LogP contribution in [-0.4, -0.2) is 34.6 Å². The highest BCUT2D eigenvalue weighted by Crippen LogP contribution is 2.12. The summed E-state index contributed by atoms with van der Waals surface area (Å²) in [5.74, 6) is -1.08. The zero-order valence-electron chi connectivity index (χ0n) is 11.7. The van der Waals surface area contributed by atoms with E-state index in [4.69, 9.17) is 10.4 Å². The largest absolute Gasteiger partial charge is 0.480 e. The van der Waals surface area contributed by atoms with Gasteiger partial charge in [0.15, 0.2) is 0 Å². The van der Waals surface area contributed by atoms with Crippen molar-refractivity contribution >= 4 is 12.0 Å². The molecule has 0 aliphatic rings. The number of aliphatic carboxylic acids is 1. The van der Waals surface area contributed by atoms with E-state index >= 15 is 0 Å². The van der Waals surface area contributed by atoms with Crippen molar-refractivity contribution in [3.63, 3.8) is 0 Å². The van der Waals surface area contributed by atoms with E-state index in [0.717, 1.165) is 10.5 Å². The summed E-state index contributed by atoms with van der Waals surface area (Å²) in [5.41, 5.74) is -0.00612. The molecule has 0 saturated heterocycles. The van der Waals surface area contributed by atoms with Gasteiger partial charge in [-0.2, -0.15) is 5.26 Å². The quantitative estimate of drug-likeness (QED) is 0.872. The number of carbonyl (C=O) groups excluding carboxylic acids is 1. The van der Waals surface area contributed by atoms with Gasteiger partial charge in [-0.25, -0.2) is 9.59 Å². The molecule has 2 N–H and O–H groups in total. The first-order valence-electron chi connectivity index (χ1n) is 6.03. The summed E-state index contributed by atoms with van der Waals surface area (Å²) in [6.07, 6.45) is 0. The van der Waals surface area contributed by atoms with Gasteiger partial charge in [0.2, 0.25) is 0 Å². The number of carboxylic acid groups (broad SMARTS) is 1. The lowest BCUT2D eigenvalue weighted by Crippen LogP contribution is -2.53.